The van der Waals surface area contributed by atoms with Crippen molar-refractivity contribution in [2.24, 2.45) is 5.73 Å². The molecule has 0 unspecified atom stereocenters. The fourth-order valence-corrected chi connectivity index (χ4v) is 2.57. The second-order valence-electron chi connectivity index (χ2n) is 5.43. The van der Waals surface area contributed by atoms with Crippen LogP contribution in [-0.4, -0.2) is 21.3 Å². The molecule has 0 radical (unpaired) electrons. The van der Waals surface area contributed by atoms with E-state index in [1.165, 1.54) is 0 Å². The van der Waals surface area contributed by atoms with E-state index in [1.807, 2.05) is 51.1 Å². The number of hydrogen-bond acceptors (Lipinski definition) is 2. The van der Waals surface area contributed by atoms with Gasteiger partial charge in [-0.15, -0.1) is 0 Å². The first-order valence-electron chi connectivity index (χ1n) is 5.63. The summed E-state index contributed by atoms with van der Waals surface area (Å²) in [5, 5.41) is 0. The number of hydrogen-bond donors (Lipinski definition) is 1. The number of amides is 1. The molecule has 0 saturated carbocycles. The van der Waals surface area contributed by atoms with Crippen molar-refractivity contribution in [1.82, 2.24) is 4.90 Å². The number of alkyl halides is 1. The number of nitrogens with two attached hydrogens (primary N) is 1. The van der Waals surface area contributed by atoms with Gasteiger partial charge in [0.15, 0.2) is 5.00 Å². The van der Waals surface area contributed by atoms with Crippen LogP contribution < -0.4 is 5.73 Å². The number of likely N-dealkylation sites (tertiary alicyclic amines) is 1. The number of nitrogens with zero attached hydrogens (tertiary/aromatic N) is 1. The van der Waals surface area contributed by atoms with Crippen LogP contribution in [0, 0.1) is 0 Å². The van der Waals surface area contributed by atoms with E-state index < -0.39 is 5.00 Å². The molecule has 1 aliphatic heterocycles. The van der Waals surface area contributed by atoms with Gasteiger partial charge in [0.1, 0.15) is 0 Å². The number of β-lactam (4-membered cyclic amide) rings is 1. The zero-order chi connectivity index (χ0) is 12.8. The minimum Gasteiger partial charge on any atom is -0.324 e. The van der Waals surface area contributed by atoms with Gasteiger partial charge in [0, 0.05) is 5.54 Å². The van der Waals surface area contributed by atoms with Crippen molar-refractivity contribution < 1.29 is 4.79 Å². The quantitative estimate of drug-likeness (QED) is 0.473. The van der Waals surface area contributed by atoms with E-state index in [9.17, 15) is 4.79 Å². The van der Waals surface area contributed by atoms with Crippen LogP contribution in [0.4, 0.5) is 0 Å². The van der Waals surface area contributed by atoms with Crippen LogP contribution in [0.1, 0.15) is 32.4 Å². The molecule has 1 aromatic carbocycles. The number of carbonyl (C=O) groups excluding carboxylic acids is 1. The molecule has 1 saturated heterocycles. The third-order valence-corrected chi connectivity index (χ3v) is 3.41. The zero-order valence-corrected chi connectivity index (χ0v) is 11.0. The molecule has 2 rings (SSSR count). The molecular formula is C13H17ClN2O. The van der Waals surface area contributed by atoms with E-state index >= 15 is 0 Å². The molecule has 2 N–H and O–H groups in total. The average Bonchev–Trinajstić information content (AvgIpc) is 2.24. The van der Waals surface area contributed by atoms with Gasteiger partial charge in [-0.25, -0.2) is 0 Å². The minimum atomic E-state index is -1.31. The Bertz CT molecular complexity index is 436. The van der Waals surface area contributed by atoms with E-state index in [2.05, 4.69) is 0 Å². The number of carbonyl (C=O) groups is 1. The topological polar surface area (TPSA) is 46.3 Å². The van der Waals surface area contributed by atoms with Gasteiger partial charge in [-0.05, 0) is 26.3 Å². The van der Waals surface area contributed by atoms with E-state index in [0.29, 0.717) is 0 Å². The molecule has 17 heavy (non-hydrogen) atoms. The smallest absolute Gasteiger partial charge is 0.261 e. The summed E-state index contributed by atoms with van der Waals surface area (Å²) in [5.41, 5.74) is 6.59. The molecule has 92 valence electrons. The van der Waals surface area contributed by atoms with Gasteiger partial charge in [-0.1, -0.05) is 41.9 Å². The Morgan fingerprint density at radius 2 is 1.82 bits per heavy atom. The lowest BCUT2D eigenvalue weighted by Gasteiger charge is -2.56. The molecular weight excluding hydrogens is 236 g/mol. The van der Waals surface area contributed by atoms with Crippen molar-refractivity contribution >= 4 is 17.5 Å². The van der Waals surface area contributed by atoms with E-state index in [0.717, 1.165) is 5.56 Å². The molecule has 0 aromatic heterocycles. The van der Waals surface area contributed by atoms with Gasteiger partial charge in [-0.2, -0.15) is 0 Å². The summed E-state index contributed by atoms with van der Waals surface area (Å²) in [6, 6.07) is 9.40. The minimum absolute atomic E-state index is 0.208. The lowest BCUT2D eigenvalue weighted by atomic mass is 9.83. The Hall–Kier alpha value is -1.06. The van der Waals surface area contributed by atoms with Gasteiger partial charge in [-0.3, -0.25) is 4.79 Å². The van der Waals surface area contributed by atoms with Gasteiger partial charge < -0.3 is 10.6 Å². The van der Waals surface area contributed by atoms with Crippen LogP contribution in [0.15, 0.2) is 30.3 Å². The van der Waals surface area contributed by atoms with Gasteiger partial charge >= 0.3 is 0 Å². The van der Waals surface area contributed by atoms with Crippen molar-refractivity contribution in [1.29, 1.82) is 0 Å². The van der Waals surface area contributed by atoms with Crippen LogP contribution in [-0.2, 0) is 4.79 Å². The molecule has 1 aromatic rings. The Kier molecular flexibility index (Phi) is 2.71. The maximum absolute atomic E-state index is 12.0. The van der Waals surface area contributed by atoms with Gasteiger partial charge in [0.05, 0.1) is 6.04 Å². The Labute approximate surface area is 107 Å². The summed E-state index contributed by atoms with van der Waals surface area (Å²) in [5.74, 6) is -0.208. The second-order valence-corrected chi connectivity index (χ2v) is 6.05. The number of halogens is 1. The van der Waals surface area contributed by atoms with Crippen molar-refractivity contribution in [3.63, 3.8) is 0 Å². The summed E-state index contributed by atoms with van der Waals surface area (Å²) in [6.07, 6.45) is 0. The van der Waals surface area contributed by atoms with Crippen LogP contribution >= 0.6 is 11.6 Å². The predicted molar refractivity (Wildman–Crippen MR) is 68.6 cm³/mol. The molecule has 1 fully saturated rings. The average molecular weight is 253 g/mol. The number of rotatable bonds is 1. The van der Waals surface area contributed by atoms with Crippen molar-refractivity contribution in [2.45, 2.75) is 37.4 Å². The summed E-state index contributed by atoms with van der Waals surface area (Å²) < 4.78 is 0. The first-order valence-corrected chi connectivity index (χ1v) is 6.00. The Morgan fingerprint density at radius 1 is 1.29 bits per heavy atom. The van der Waals surface area contributed by atoms with Crippen LogP contribution in [0.2, 0.25) is 0 Å². The molecule has 4 heteroatoms. The highest BCUT2D eigenvalue weighted by atomic mass is 35.5. The van der Waals surface area contributed by atoms with E-state index in [4.69, 9.17) is 17.3 Å². The normalized spacial score (nSPS) is 29.1. The SMILES string of the molecule is CC(C)(C)N1C(=O)[C@](N)(Cl)[C@H]1c1ccccc1. The Balaban J connectivity index is 2.41. The molecule has 0 spiro atoms. The van der Waals surface area contributed by atoms with Crippen molar-refractivity contribution in [2.75, 3.05) is 0 Å². The number of benzene rings is 1. The summed E-state index contributed by atoms with van der Waals surface area (Å²) in [6.45, 7) is 5.94. The van der Waals surface area contributed by atoms with E-state index in [-0.39, 0.29) is 17.5 Å². The molecule has 0 aliphatic carbocycles. The maximum atomic E-state index is 12.0. The van der Waals surface area contributed by atoms with Gasteiger partial charge in [0.2, 0.25) is 0 Å². The first kappa shape index (κ1) is 12.4. The van der Waals surface area contributed by atoms with Crippen molar-refractivity contribution in [3.05, 3.63) is 35.9 Å². The fourth-order valence-electron chi connectivity index (χ4n) is 2.26. The second kappa shape index (κ2) is 3.72. The monoisotopic (exact) mass is 252 g/mol. The lowest BCUT2D eigenvalue weighted by Crippen LogP contribution is -2.74. The molecule has 1 heterocycles. The van der Waals surface area contributed by atoms with Crippen molar-refractivity contribution in [3.8, 4) is 0 Å². The highest BCUT2D eigenvalue weighted by molar-refractivity contribution is 6.37. The highest BCUT2D eigenvalue weighted by Crippen LogP contribution is 2.48. The zero-order valence-electron chi connectivity index (χ0n) is 10.3. The standard InChI is InChI=1S/C13H17ClN2O/c1-12(2,3)16-10(13(14,15)11(16)17)9-7-5-4-6-8-9/h4-8,10H,15H2,1-3H3/t10-,13+/m1/s1. The first-order chi connectivity index (χ1) is 7.76. The third-order valence-electron chi connectivity index (χ3n) is 3.04. The summed E-state index contributed by atoms with van der Waals surface area (Å²) >= 11 is 6.14. The predicted octanol–water partition coefficient (Wildman–Crippen LogP) is 2.26. The largest absolute Gasteiger partial charge is 0.324 e. The van der Waals surface area contributed by atoms with Crippen LogP contribution in [0.25, 0.3) is 0 Å². The third kappa shape index (κ3) is 1.83. The molecule has 0 bridgehead atoms. The van der Waals surface area contributed by atoms with Crippen LogP contribution in [0.3, 0.4) is 0 Å². The lowest BCUT2D eigenvalue weighted by molar-refractivity contribution is -0.162. The highest BCUT2D eigenvalue weighted by Gasteiger charge is 2.61. The molecule has 3 nitrogen and oxygen atoms in total. The summed E-state index contributed by atoms with van der Waals surface area (Å²) in [7, 11) is 0. The van der Waals surface area contributed by atoms with E-state index in [1.54, 1.807) is 4.90 Å². The van der Waals surface area contributed by atoms with Crippen LogP contribution in [0.5, 0.6) is 0 Å². The maximum Gasteiger partial charge on any atom is 0.261 e. The summed E-state index contributed by atoms with van der Waals surface area (Å²) in [4.78, 5) is 12.4. The molecule has 2 atom stereocenters. The fraction of sp³-hybridized carbons (Fsp3) is 0.462. The molecule has 1 aliphatic rings. The Morgan fingerprint density at radius 3 is 2.29 bits per heavy atom. The van der Waals surface area contributed by atoms with Gasteiger partial charge in [0.25, 0.3) is 5.91 Å². The molecule has 1 amide bonds.